The fraction of sp³-hybridized carbons (Fsp3) is 0.923. The fourth-order valence-corrected chi connectivity index (χ4v) is 2.32. The number of ether oxygens (including phenoxy) is 1. The van der Waals surface area contributed by atoms with E-state index in [0.717, 1.165) is 32.0 Å². The number of hydrogen-bond donors (Lipinski definition) is 0. The minimum absolute atomic E-state index is 0.144. The van der Waals surface area contributed by atoms with E-state index in [2.05, 4.69) is 0 Å². The summed E-state index contributed by atoms with van der Waals surface area (Å²) >= 11 is 0. The first-order valence-corrected chi connectivity index (χ1v) is 6.43. The molecule has 1 heterocycles. The van der Waals surface area contributed by atoms with E-state index in [0.29, 0.717) is 5.91 Å². The van der Waals surface area contributed by atoms with Crippen molar-refractivity contribution in [2.24, 2.45) is 11.8 Å². The predicted molar refractivity (Wildman–Crippen MR) is 65.3 cm³/mol. The molecule has 0 radical (unpaired) electrons. The number of nitrogens with zero attached hydrogens (tertiary/aromatic N) is 1. The summed E-state index contributed by atoms with van der Waals surface area (Å²) in [7, 11) is 1.75. The highest BCUT2D eigenvalue weighted by Crippen LogP contribution is 2.22. The van der Waals surface area contributed by atoms with Gasteiger partial charge in [0.25, 0.3) is 0 Å². The number of hydrogen-bond acceptors (Lipinski definition) is 2. The van der Waals surface area contributed by atoms with Crippen molar-refractivity contribution >= 4 is 5.91 Å². The lowest BCUT2D eigenvalue weighted by atomic mass is 9.92. The first-order chi connectivity index (χ1) is 7.65. The number of likely N-dealkylation sites (tertiary alicyclic amines) is 1. The number of amides is 1. The van der Waals surface area contributed by atoms with Crippen molar-refractivity contribution in [3.63, 3.8) is 0 Å². The number of carbonyl (C=O) groups excluding carboxylic acids is 1. The van der Waals surface area contributed by atoms with E-state index in [1.165, 1.54) is 19.3 Å². The Hall–Kier alpha value is -0.570. The lowest BCUT2D eigenvalue weighted by molar-refractivity contribution is -0.135. The molecule has 0 aromatic heterocycles. The van der Waals surface area contributed by atoms with Gasteiger partial charge in [0.15, 0.2) is 0 Å². The van der Waals surface area contributed by atoms with Gasteiger partial charge >= 0.3 is 0 Å². The maximum Gasteiger partial charge on any atom is 0.225 e. The van der Waals surface area contributed by atoms with Crippen LogP contribution in [0.1, 0.15) is 39.5 Å². The van der Waals surface area contributed by atoms with Crippen LogP contribution in [-0.4, -0.2) is 37.6 Å². The number of piperidine rings is 1. The van der Waals surface area contributed by atoms with Crippen LogP contribution < -0.4 is 0 Å². The summed E-state index contributed by atoms with van der Waals surface area (Å²) in [5.41, 5.74) is 0. The highest BCUT2D eigenvalue weighted by molar-refractivity contribution is 5.78. The molecular weight excluding hydrogens is 202 g/mol. The summed E-state index contributed by atoms with van der Waals surface area (Å²) < 4.78 is 5.06. The molecule has 0 N–H and O–H groups in total. The van der Waals surface area contributed by atoms with E-state index in [1.807, 2.05) is 18.7 Å². The zero-order chi connectivity index (χ0) is 12.0. The smallest absolute Gasteiger partial charge is 0.225 e. The van der Waals surface area contributed by atoms with Crippen LogP contribution in [0.5, 0.6) is 0 Å². The highest BCUT2D eigenvalue weighted by atomic mass is 16.5. The van der Waals surface area contributed by atoms with E-state index in [9.17, 15) is 4.79 Å². The summed E-state index contributed by atoms with van der Waals surface area (Å²) in [6.07, 6.45) is 4.74. The average molecular weight is 227 g/mol. The lowest BCUT2D eigenvalue weighted by Crippen LogP contribution is -2.40. The molecule has 1 rings (SSSR count). The molecule has 0 aromatic rings. The standard InChI is InChI=1S/C13H25NO2/c1-11(2)13(15)14-8-6-12(7-9-14)5-4-10-16-3/h11-12H,4-10H2,1-3H3. The molecule has 0 unspecified atom stereocenters. The van der Waals surface area contributed by atoms with Crippen molar-refractivity contribution in [2.75, 3.05) is 26.8 Å². The van der Waals surface area contributed by atoms with Gasteiger partial charge in [-0.05, 0) is 31.6 Å². The van der Waals surface area contributed by atoms with Gasteiger partial charge in [-0.15, -0.1) is 0 Å². The monoisotopic (exact) mass is 227 g/mol. The fourth-order valence-electron chi connectivity index (χ4n) is 2.32. The first kappa shape index (κ1) is 13.5. The van der Waals surface area contributed by atoms with Gasteiger partial charge in [0, 0.05) is 32.7 Å². The third-order valence-corrected chi connectivity index (χ3v) is 3.38. The summed E-state index contributed by atoms with van der Waals surface area (Å²) in [6.45, 7) is 6.73. The topological polar surface area (TPSA) is 29.5 Å². The molecule has 16 heavy (non-hydrogen) atoms. The molecule has 0 saturated carbocycles. The SMILES string of the molecule is COCCCC1CCN(C(=O)C(C)C)CC1. The number of carbonyl (C=O) groups is 1. The second kappa shape index (κ2) is 6.89. The molecule has 94 valence electrons. The normalized spacial score (nSPS) is 18.1. The second-order valence-electron chi connectivity index (χ2n) is 5.06. The van der Waals surface area contributed by atoms with Crippen LogP contribution in [0.15, 0.2) is 0 Å². The Morgan fingerprint density at radius 3 is 2.50 bits per heavy atom. The maximum absolute atomic E-state index is 11.8. The van der Waals surface area contributed by atoms with E-state index < -0.39 is 0 Å². The van der Waals surface area contributed by atoms with E-state index in [1.54, 1.807) is 7.11 Å². The molecule has 0 aromatic carbocycles. The summed E-state index contributed by atoms with van der Waals surface area (Å²) in [5.74, 6) is 1.26. The molecule has 0 bridgehead atoms. The van der Waals surface area contributed by atoms with Crippen molar-refractivity contribution < 1.29 is 9.53 Å². The second-order valence-corrected chi connectivity index (χ2v) is 5.06. The average Bonchev–Trinajstić information content (AvgIpc) is 2.29. The minimum atomic E-state index is 0.144. The van der Waals surface area contributed by atoms with Gasteiger partial charge in [-0.1, -0.05) is 13.8 Å². The number of methoxy groups -OCH3 is 1. The van der Waals surface area contributed by atoms with Gasteiger partial charge in [0.2, 0.25) is 5.91 Å². The van der Waals surface area contributed by atoms with Gasteiger partial charge in [-0.2, -0.15) is 0 Å². The van der Waals surface area contributed by atoms with Crippen molar-refractivity contribution in [1.82, 2.24) is 4.90 Å². The summed E-state index contributed by atoms with van der Waals surface area (Å²) in [5, 5.41) is 0. The Morgan fingerprint density at radius 1 is 1.38 bits per heavy atom. The van der Waals surface area contributed by atoms with Crippen LogP contribution in [0.25, 0.3) is 0 Å². The third kappa shape index (κ3) is 4.12. The van der Waals surface area contributed by atoms with Gasteiger partial charge in [-0.25, -0.2) is 0 Å². The largest absolute Gasteiger partial charge is 0.385 e. The quantitative estimate of drug-likeness (QED) is 0.675. The Kier molecular flexibility index (Phi) is 5.81. The third-order valence-electron chi connectivity index (χ3n) is 3.38. The lowest BCUT2D eigenvalue weighted by Gasteiger charge is -2.33. The van der Waals surface area contributed by atoms with Gasteiger partial charge in [-0.3, -0.25) is 4.79 Å². The van der Waals surface area contributed by atoms with Crippen LogP contribution in [0.4, 0.5) is 0 Å². The van der Waals surface area contributed by atoms with Crippen molar-refractivity contribution in [1.29, 1.82) is 0 Å². The highest BCUT2D eigenvalue weighted by Gasteiger charge is 2.23. The van der Waals surface area contributed by atoms with Crippen LogP contribution in [0.2, 0.25) is 0 Å². The van der Waals surface area contributed by atoms with Crippen LogP contribution in [0, 0.1) is 11.8 Å². The Morgan fingerprint density at radius 2 is 2.00 bits per heavy atom. The zero-order valence-corrected chi connectivity index (χ0v) is 10.9. The van der Waals surface area contributed by atoms with Crippen molar-refractivity contribution in [2.45, 2.75) is 39.5 Å². The Bertz CT molecular complexity index is 208. The van der Waals surface area contributed by atoms with E-state index in [4.69, 9.17) is 4.74 Å². The number of rotatable bonds is 5. The molecule has 1 aliphatic rings. The molecule has 0 atom stereocenters. The van der Waals surface area contributed by atoms with Gasteiger partial charge in [0.05, 0.1) is 0 Å². The van der Waals surface area contributed by atoms with Crippen LogP contribution in [0.3, 0.4) is 0 Å². The molecule has 0 aliphatic carbocycles. The van der Waals surface area contributed by atoms with E-state index >= 15 is 0 Å². The van der Waals surface area contributed by atoms with E-state index in [-0.39, 0.29) is 5.92 Å². The molecular formula is C13H25NO2. The first-order valence-electron chi connectivity index (χ1n) is 6.43. The Labute approximate surface area is 99.1 Å². The molecule has 0 spiro atoms. The maximum atomic E-state index is 11.8. The van der Waals surface area contributed by atoms with Crippen molar-refractivity contribution in [3.05, 3.63) is 0 Å². The molecule has 1 saturated heterocycles. The van der Waals surface area contributed by atoms with Crippen molar-refractivity contribution in [3.8, 4) is 0 Å². The van der Waals surface area contributed by atoms with Crippen LogP contribution in [-0.2, 0) is 9.53 Å². The van der Waals surface area contributed by atoms with Crippen LogP contribution >= 0.6 is 0 Å². The molecule has 1 aliphatic heterocycles. The minimum Gasteiger partial charge on any atom is -0.385 e. The van der Waals surface area contributed by atoms with Gasteiger partial charge in [0.1, 0.15) is 0 Å². The molecule has 3 heteroatoms. The summed E-state index contributed by atoms with van der Waals surface area (Å²) in [6, 6.07) is 0. The molecule has 3 nitrogen and oxygen atoms in total. The van der Waals surface area contributed by atoms with Gasteiger partial charge < -0.3 is 9.64 Å². The Balaban J connectivity index is 2.20. The molecule has 1 fully saturated rings. The molecule has 1 amide bonds. The predicted octanol–water partition coefficient (Wildman–Crippen LogP) is 2.31. The zero-order valence-electron chi connectivity index (χ0n) is 10.9. The summed E-state index contributed by atoms with van der Waals surface area (Å²) in [4.78, 5) is 13.8.